The third-order valence-corrected chi connectivity index (χ3v) is 3.52. The molecule has 0 fully saturated rings. The summed E-state index contributed by atoms with van der Waals surface area (Å²) in [5.74, 6) is -0.633. The molecule has 0 saturated heterocycles. The van der Waals surface area contributed by atoms with Crippen LogP contribution in [0.5, 0.6) is 0 Å². The molecule has 0 amide bonds. The Morgan fingerprint density at radius 3 is 2.71 bits per heavy atom. The molecular weight excluding hydrogens is 384 g/mol. The number of benzene rings is 2. The zero-order valence-electron chi connectivity index (χ0n) is 10.7. The molecule has 2 aromatic carbocycles. The van der Waals surface area contributed by atoms with Gasteiger partial charge >= 0.3 is 5.97 Å². The molecule has 0 aromatic heterocycles. The molecule has 3 nitrogen and oxygen atoms in total. The molecule has 0 saturated carbocycles. The maximum Gasteiger partial charge on any atom is 0.363 e. The Kier molecular flexibility index (Phi) is 3.83. The van der Waals surface area contributed by atoms with Gasteiger partial charge in [0.1, 0.15) is 5.82 Å². The van der Waals surface area contributed by atoms with Gasteiger partial charge in [0.15, 0.2) is 5.70 Å². The van der Waals surface area contributed by atoms with Crippen molar-refractivity contribution in [1.82, 2.24) is 0 Å². The summed E-state index contributed by atoms with van der Waals surface area (Å²) < 4.78 is 19.3. The third-order valence-electron chi connectivity index (χ3n) is 2.84. The predicted octanol–water partition coefficient (Wildman–Crippen LogP) is 3.77. The van der Waals surface area contributed by atoms with E-state index in [1.807, 2.05) is 24.3 Å². The van der Waals surface area contributed by atoms with Crippen LogP contribution in [0.3, 0.4) is 0 Å². The first-order valence-corrected chi connectivity index (χ1v) is 7.24. The molecule has 3 rings (SSSR count). The average molecular weight is 393 g/mol. The number of ether oxygens (including phenoxy) is 1. The Labute approximate surface area is 134 Å². The summed E-state index contributed by atoms with van der Waals surface area (Å²) in [6, 6.07) is 13.4. The van der Waals surface area contributed by atoms with E-state index in [0.717, 1.165) is 9.13 Å². The van der Waals surface area contributed by atoms with Gasteiger partial charge in [0.05, 0.1) is 0 Å². The van der Waals surface area contributed by atoms with Crippen LogP contribution < -0.4 is 0 Å². The molecule has 0 unspecified atom stereocenters. The number of rotatable bonds is 2. The van der Waals surface area contributed by atoms with Crippen molar-refractivity contribution in [3.05, 3.63) is 74.7 Å². The topological polar surface area (TPSA) is 38.7 Å². The van der Waals surface area contributed by atoms with Crippen LogP contribution in [0.15, 0.2) is 59.2 Å². The van der Waals surface area contributed by atoms with Gasteiger partial charge in [-0.3, -0.25) is 0 Å². The molecule has 0 radical (unpaired) electrons. The average Bonchev–Trinajstić information content (AvgIpc) is 2.80. The summed E-state index contributed by atoms with van der Waals surface area (Å²) in [6.45, 7) is 0. The lowest BCUT2D eigenvalue weighted by Crippen LogP contribution is -2.05. The normalized spacial score (nSPS) is 16.0. The van der Waals surface area contributed by atoms with Crippen LogP contribution in [-0.4, -0.2) is 11.9 Å². The minimum atomic E-state index is -0.534. The summed E-state index contributed by atoms with van der Waals surface area (Å²) in [5.41, 5.74) is 1.46. The fourth-order valence-corrected chi connectivity index (χ4v) is 2.45. The number of cyclic esters (lactones) is 1. The zero-order chi connectivity index (χ0) is 14.8. The molecule has 1 heterocycles. The van der Waals surface area contributed by atoms with Gasteiger partial charge < -0.3 is 4.74 Å². The lowest BCUT2D eigenvalue weighted by Gasteiger charge is -1.99. The number of nitrogens with zero attached hydrogens (tertiary/aromatic N) is 1. The van der Waals surface area contributed by atoms with E-state index in [9.17, 15) is 9.18 Å². The lowest BCUT2D eigenvalue weighted by atomic mass is 10.2. The predicted molar refractivity (Wildman–Crippen MR) is 86.2 cm³/mol. The van der Waals surface area contributed by atoms with Crippen molar-refractivity contribution < 1.29 is 13.9 Å². The van der Waals surface area contributed by atoms with Crippen molar-refractivity contribution in [2.75, 3.05) is 0 Å². The van der Waals surface area contributed by atoms with Crippen molar-refractivity contribution in [3.8, 4) is 0 Å². The number of hydrogen-bond acceptors (Lipinski definition) is 3. The summed E-state index contributed by atoms with van der Waals surface area (Å²) in [4.78, 5) is 16.0. The first-order chi connectivity index (χ1) is 10.1. The molecular formula is C16H9FINO2. The molecule has 21 heavy (non-hydrogen) atoms. The molecule has 0 N–H and O–H groups in total. The molecule has 0 atom stereocenters. The molecule has 5 heteroatoms. The second-order valence-corrected chi connectivity index (χ2v) is 5.65. The van der Waals surface area contributed by atoms with E-state index in [4.69, 9.17) is 4.74 Å². The van der Waals surface area contributed by atoms with Crippen molar-refractivity contribution >= 4 is 40.5 Å². The summed E-state index contributed by atoms with van der Waals surface area (Å²) >= 11 is 2.17. The molecule has 104 valence electrons. The fourth-order valence-electron chi connectivity index (χ4n) is 1.91. The maximum absolute atomic E-state index is 13.1. The standard InChI is InChI=1S/C16H9FINO2/c17-12-5-1-3-10(7-12)8-14-16(20)21-15(19-14)11-4-2-6-13(18)9-11/h1-9H. The van der Waals surface area contributed by atoms with Crippen molar-refractivity contribution in [2.45, 2.75) is 0 Å². The van der Waals surface area contributed by atoms with E-state index in [1.165, 1.54) is 18.2 Å². The molecule has 2 aromatic rings. The Morgan fingerprint density at radius 2 is 1.95 bits per heavy atom. The molecule has 0 spiro atoms. The van der Waals surface area contributed by atoms with E-state index in [1.54, 1.807) is 12.1 Å². The highest BCUT2D eigenvalue weighted by Crippen LogP contribution is 2.20. The number of carbonyl (C=O) groups excluding carboxylic acids is 1. The molecule has 1 aliphatic rings. The Morgan fingerprint density at radius 1 is 1.14 bits per heavy atom. The lowest BCUT2D eigenvalue weighted by molar-refractivity contribution is -0.129. The van der Waals surface area contributed by atoms with Crippen molar-refractivity contribution in [3.63, 3.8) is 0 Å². The minimum Gasteiger partial charge on any atom is -0.402 e. The largest absolute Gasteiger partial charge is 0.402 e. The highest BCUT2D eigenvalue weighted by Gasteiger charge is 2.24. The van der Waals surface area contributed by atoms with E-state index in [0.29, 0.717) is 5.56 Å². The number of hydrogen-bond donors (Lipinski definition) is 0. The molecule has 0 aliphatic carbocycles. The van der Waals surface area contributed by atoms with Gasteiger partial charge in [0.25, 0.3) is 0 Å². The number of aliphatic imine (C=N–C) groups is 1. The summed E-state index contributed by atoms with van der Waals surface area (Å²) in [6.07, 6.45) is 1.51. The van der Waals surface area contributed by atoms with Crippen LogP contribution >= 0.6 is 22.6 Å². The molecule has 1 aliphatic heterocycles. The van der Waals surface area contributed by atoms with Gasteiger partial charge in [-0.15, -0.1) is 0 Å². The summed E-state index contributed by atoms with van der Waals surface area (Å²) in [7, 11) is 0. The first kappa shape index (κ1) is 13.9. The smallest absolute Gasteiger partial charge is 0.363 e. The van der Waals surface area contributed by atoms with E-state index >= 15 is 0 Å². The number of halogens is 2. The quantitative estimate of drug-likeness (QED) is 0.443. The van der Waals surface area contributed by atoms with Gasteiger partial charge in [-0.1, -0.05) is 18.2 Å². The maximum atomic E-state index is 13.1. The molecule has 0 bridgehead atoms. The van der Waals surface area contributed by atoms with Gasteiger partial charge in [0, 0.05) is 9.13 Å². The fraction of sp³-hybridized carbons (Fsp3) is 0. The SMILES string of the molecule is O=C1OC(c2cccc(I)c2)=NC1=Cc1cccc(F)c1. The van der Waals surface area contributed by atoms with Gasteiger partial charge in [-0.2, -0.15) is 0 Å². The van der Waals surface area contributed by atoms with Crippen LogP contribution in [0, 0.1) is 9.39 Å². The van der Waals surface area contributed by atoms with Crippen LogP contribution in [-0.2, 0) is 9.53 Å². The first-order valence-electron chi connectivity index (χ1n) is 6.16. The van der Waals surface area contributed by atoms with Gasteiger partial charge in [-0.25, -0.2) is 14.2 Å². The summed E-state index contributed by atoms with van der Waals surface area (Å²) in [5, 5.41) is 0. The van der Waals surface area contributed by atoms with Crippen LogP contribution in [0.1, 0.15) is 11.1 Å². The van der Waals surface area contributed by atoms with E-state index in [2.05, 4.69) is 27.6 Å². The van der Waals surface area contributed by atoms with Gasteiger partial charge in [0.2, 0.25) is 5.90 Å². The zero-order valence-corrected chi connectivity index (χ0v) is 12.9. The Balaban J connectivity index is 1.95. The number of esters is 1. The van der Waals surface area contributed by atoms with E-state index < -0.39 is 5.97 Å². The minimum absolute atomic E-state index is 0.162. The second-order valence-electron chi connectivity index (χ2n) is 4.40. The van der Waals surface area contributed by atoms with Crippen LogP contribution in [0.4, 0.5) is 4.39 Å². The van der Waals surface area contributed by atoms with Gasteiger partial charge in [-0.05, 0) is 64.6 Å². The van der Waals surface area contributed by atoms with Crippen molar-refractivity contribution in [1.29, 1.82) is 0 Å². The monoisotopic (exact) mass is 393 g/mol. The highest BCUT2D eigenvalue weighted by atomic mass is 127. The van der Waals surface area contributed by atoms with Crippen LogP contribution in [0.2, 0.25) is 0 Å². The second kappa shape index (κ2) is 5.77. The van der Waals surface area contributed by atoms with Crippen LogP contribution in [0.25, 0.3) is 6.08 Å². The van der Waals surface area contributed by atoms with E-state index in [-0.39, 0.29) is 17.4 Å². The third kappa shape index (κ3) is 3.18. The highest BCUT2D eigenvalue weighted by molar-refractivity contribution is 14.1. The van der Waals surface area contributed by atoms with Crippen molar-refractivity contribution in [2.24, 2.45) is 4.99 Å². The number of carbonyl (C=O) groups is 1. The Bertz CT molecular complexity index is 783. The Hall–Kier alpha value is -2.02.